The number of nitrogens with one attached hydrogen (secondary N) is 1. The minimum absolute atomic E-state index is 0.463. The highest BCUT2D eigenvalue weighted by Crippen LogP contribution is 2.37. The van der Waals surface area contributed by atoms with Gasteiger partial charge in [0.15, 0.2) is 0 Å². The molecule has 1 aromatic carbocycles. The van der Waals surface area contributed by atoms with Crippen molar-refractivity contribution in [3.05, 3.63) is 28.3 Å². The van der Waals surface area contributed by atoms with Gasteiger partial charge in [0.25, 0.3) is 0 Å². The van der Waals surface area contributed by atoms with Crippen molar-refractivity contribution in [2.24, 2.45) is 0 Å². The average molecular weight is 344 g/mol. The third kappa shape index (κ3) is 3.49. The molecule has 21 heavy (non-hydrogen) atoms. The Bertz CT molecular complexity index is 511. The van der Waals surface area contributed by atoms with E-state index in [-0.39, 0.29) is 0 Å². The molecule has 0 saturated carbocycles. The fourth-order valence-electron chi connectivity index (χ4n) is 3.21. The highest BCUT2D eigenvalue weighted by molar-refractivity contribution is 8.07. The Hall–Kier alpha value is -0.0300. The summed E-state index contributed by atoms with van der Waals surface area (Å²) in [5.74, 6) is 3.61. The van der Waals surface area contributed by atoms with E-state index >= 15 is 0 Å². The Labute approximate surface area is 140 Å². The zero-order valence-electron chi connectivity index (χ0n) is 12.5. The summed E-state index contributed by atoms with van der Waals surface area (Å²) >= 11 is 10.5. The van der Waals surface area contributed by atoms with Crippen LogP contribution in [0.2, 0.25) is 5.02 Å². The summed E-state index contributed by atoms with van der Waals surface area (Å²) in [6.07, 6.45) is 1.97. The maximum absolute atomic E-state index is 6.28. The summed E-state index contributed by atoms with van der Waals surface area (Å²) in [7, 11) is 2.07. The van der Waals surface area contributed by atoms with Crippen molar-refractivity contribution >= 4 is 35.1 Å². The van der Waals surface area contributed by atoms with Crippen LogP contribution in [0.3, 0.4) is 0 Å². The van der Waals surface area contributed by atoms with Crippen molar-refractivity contribution in [2.45, 2.75) is 36.3 Å². The molecule has 1 fully saturated rings. The molecule has 0 amide bonds. The number of rotatable bonds is 4. The van der Waals surface area contributed by atoms with Crippen molar-refractivity contribution in [1.82, 2.24) is 5.32 Å². The number of benzene rings is 1. The van der Waals surface area contributed by atoms with Crippen LogP contribution in [-0.2, 0) is 12.8 Å². The van der Waals surface area contributed by atoms with Crippen LogP contribution in [0.5, 0.6) is 5.75 Å². The van der Waals surface area contributed by atoms with Crippen LogP contribution in [0.15, 0.2) is 12.1 Å². The van der Waals surface area contributed by atoms with Gasteiger partial charge in [-0.2, -0.15) is 23.5 Å². The number of fused-ring (bicyclic) bond motifs is 1. The van der Waals surface area contributed by atoms with Crippen LogP contribution in [0, 0.1) is 0 Å². The minimum Gasteiger partial charge on any atom is -0.493 e. The minimum atomic E-state index is 0.463. The Morgan fingerprint density at radius 2 is 2.19 bits per heavy atom. The molecular weight excluding hydrogens is 322 g/mol. The average Bonchev–Trinajstić information content (AvgIpc) is 2.93. The van der Waals surface area contributed by atoms with Crippen molar-refractivity contribution < 1.29 is 4.74 Å². The van der Waals surface area contributed by atoms with E-state index in [0.717, 1.165) is 30.2 Å². The third-order valence-corrected chi connectivity index (χ3v) is 7.74. The van der Waals surface area contributed by atoms with E-state index in [1.807, 2.05) is 0 Å². The van der Waals surface area contributed by atoms with E-state index in [1.54, 1.807) is 0 Å². The number of thioether (sulfide) groups is 2. The van der Waals surface area contributed by atoms with Crippen LogP contribution in [-0.4, -0.2) is 41.7 Å². The third-order valence-electron chi connectivity index (χ3n) is 4.27. The first-order chi connectivity index (χ1) is 10.2. The highest BCUT2D eigenvalue weighted by atomic mass is 35.5. The second kappa shape index (κ2) is 7.03. The number of hydrogen-bond acceptors (Lipinski definition) is 4. The predicted octanol–water partition coefficient (Wildman–Crippen LogP) is 3.64. The quantitative estimate of drug-likeness (QED) is 0.900. The first kappa shape index (κ1) is 15.9. The second-order valence-electron chi connectivity index (χ2n) is 5.66. The van der Waals surface area contributed by atoms with Crippen molar-refractivity contribution in [1.29, 1.82) is 0 Å². The molecule has 0 bridgehead atoms. The van der Waals surface area contributed by atoms with Gasteiger partial charge < -0.3 is 10.1 Å². The Morgan fingerprint density at radius 3 is 2.95 bits per heavy atom. The number of hydrogen-bond donors (Lipinski definition) is 1. The first-order valence-electron chi connectivity index (χ1n) is 7.53. The predicted molar refractivity (Wildman–Crippen MR) is 95.4 cm³/mol. The van der Waals surface area contributed by atoms with E-state index in [4.69, 9.17) is 16.3 Å². The summed E-state index contributed by atoms with van der Waals surface area (Å²) in [4.78, 5) is 0. The largest absolute Gasteiger partial charge is 0.493 e. The van der Waals surface area contributed by atoms with E-state index in [2.05, 4.69) is 54.9 Å². The summed E-state index contributed by atoms with van der Waals surface area (Å²) in [5.41, 5.74) is 2.53. The second-order valence-corrected chi connectivity index (χ2v) is 8.87. The smallest absolute Gasteiger partial charge is 0.125 e. The van der Waals surface area contributed by atoms with Gasteiger partial charge in [0.2, 0.25) is 0 Å². The fourth-order valence-corrected chi connectivity index (χ4v) is 6.47. The van der Waals surface area contributed by atoms with Crippen LogP contribution >= 0.6 is 35.1 Å². The number of halogens is 1. The number of likely N-dealkylation sites (N-methyl/N-ethyl adjacent to an activating group) is 1. The maximum atomic E-state index is 6.28. The first-order valence-corrected chi connectivity index (χ1v) is 10.0. The molecule has 0 aromatic heterocycles. The molecule has 0 aliphatic carbocycles. The Morgan fingerprint density at radius 1 is 1.38 bits per heavy atom. The molecule has 1 N–H and O–H groups in total. The van der Waals surface area contributed by atoms with Gasteiger partial charge in [-0.15, -0.1) is 0 Å². The molecule has 0 spiro atoms. The zero-order chi connectivity index (χ0) is 14.8. The van der Waals surface area contributed by atoms with Gasteiger partial charge in [-0.05, 0) is 36.7 Å². The SMILES string of the molecule is CNC(Cc1cc(Cl)cc2c1OCC2)C1SCCSC1C. The Balaban J connectivity index is 1.81. The molecule has 5 heteroatoms. The molecule has 2 nitrogen and oxygen atoms in total. The summed E-state index contributed by atoms with van der Waals surface area (Å²) < 4.78 is 5.85. The van der Waals surface area contributed by atoms with Crippen LogP contribution in [0.25, 0.3) is 0 Å². The molecule has 3 atom stereocenters. The van der Waals surface area contributed by atoms with Gasteiger partial charge in [0.05, 0.1) is 6.61 Å². The standard InChI is InChI=1S/C16H22ClNOS2/c1-10-16(21-6-5-20-10)14(18-2)9-12-8-13(17)7-11-3-4-19-15(11)12/h7-8,10,14,16,18H,3-6,9H2,1-2H3. The summed E-state index contributed by atoms with van der Waals surface area (Å²) in [5, 5.41) is 5.70. The molecule has 1 aromatic rings. The molecule has 0 radical (unpaired) electrons. The normalized spacial score (nSPS) is 26.2. The summed E-state index contributed by atoms with van der Waals surface area (Å²) in [6, 6.07) is 4.60. The summed E-state index contributed by atoms with van der Waals surface area (Å²) in [6.45, 7) is 3.14. The molecule has 1 saturated heterocycles. The maximum Gasteiger partial charge on any atom is 0.125 e. The molecular formula is C16H22ClNOS2. The van der Waals surface area contributed by atoms with Gasteiger partial charge in [-0.3, -0.25) is 0 Å². The highest BCUT2D eigenvalue weighted by Gasteiger charge is 2.31. The van der Waals surface area contributed by atoms with Gasteiger partial charge >= 0.3 is 0 Å². The zero-order valence-corrected chi connectivity index (χ0v) is 14.9. The lowest BCUT2D eigenvalue weighted by molar-refractivity contribution is 0.351. The van der Waals surface area contributed by atoms with Gasteiger partial charge in [-0.1, -0.05) is 18.5 Å². The molecule has 3 rings (SSSR count). The number of ether oxygens (including phenoxy) is 1. The molecule has 116 valence electrons. The van der Waals surface area contributed by atoms with E-state index in [0.29, 0.717) is 16.5 Å². The fraction of sp³-hybridized carbons (Fsp3) is 0.625. The van der Waals surface area contributed by atoms with Gasteiger partial charge in [-0.25, -0.2) is 0 Å². The van der Waals surface area contributed by atoms with Gasteiger partial charge in [0, 0.05) is 39.5 Å². The molecule has 2 aliphatic heterocycles. The van der Waals surface area contributed by atoms with Crippen molar-refractivity contribution in [3.63, 3.8) is 0 Å². The van der Waals surface area contributed by atoms with E-state index in [9.17, 15) is 0 Å². The Kier molecular flexibility index (Phi) is 5.31. The van der Waals surface area contributed by atoms with Crippen molar-refractivity contribution in [3.8, 4) is 5.75 Å². The van der Waals surface area contributed by atoms with Crippen LogP contribution in [0.1, 0.15) is 18.1 Å². The van der Waals surface area contributed by atoms with E-state index < -0.39 is 0 Å². The monoisotopic (exact) mass is 343 g/mol. The lowest BCUT2D eigenvalue weighted by Crippen LogP contribution is -2.44. The lowest BCUT2D eigenvalue weighted by atomic mass is 9.98. The van der Waals surface area contributed by atoms with Crippen LogP contribution < -0.4 is 10.1 Å². The molecule has 2 heterocycles. The van der Waals surface area contributed by atoms with Gasteiger partial charge in [0.1, 0.15) is 5.75 Å². The molecule has 2 aliphatic rings. The lowest BCUT2D eigenvalue weighted by Gasteiger charge is -2.34. The molecule has 3 unspecified atom stereocenters. The van der Waals surface area contributed by atoms with E-state index in [1.165, 1.54) is 22.6 Å². The topological polar surface area (TPSA) is 21.3 Å². The van der Waals surface area contributed by atoms with Crippen molar-refractivity contribution in [2.75, 3.05) is 25.2 Å². The van der Waals surface area contributed by atoms with Crippen LogP contribution in [0.4, 0.5) is 0 Å².